The monoisotopic (exact) mass is 578 g/mol. The van der Waals surface area contributed by atoms with E-state index in [0.717, 1.165) is 44.6 Å². The highest BCUT2D eigenvalue weighted by Crippen LogP contribution is 2.37. The number of thiocarbonyl (C=S) groups is 1. The molecule has 1 aromatic heterocycles. The third kappa shape index (κ3) is 6.48. The highest BCUT2D eigenvalue weighted by Gasteiger charge is 2.33. The van der Waals surface area contributed by atoms with Crippen LogP contribution in [-0.2, 0) is 22.6 Å². The number of carbonyl (C=O) groups is 2. The van der Waals surface area contributed by atoms with Crippen LogP contribution in [0.5, 0.6) is 0 Å². The van der Waals surface area contributed by atoms with Gasteiger partial charge in [0.15, 0.2) is 0 Å². The molecule has 8 nitrogen and oxygen atoms in total. The Hall–Kier alpha value is -3.42. The molecule has 0 atom stereocenters. The molecular weight excluding hydrogens is 544 g/mol. The van der Waals surface area contributed by atoms with E-state index in [4.69, 9.17) is 17.3 Å². The van der Waals surface area contributed by atoms with Crippen molar-refractivity contribution in [3.63, 3.8) is 0 Å². The molecule has 0 spiro atoms. The standard InChI is InChI=1S/C30H34N4O4S2/c1-3-13-33-27(32-15-11-22(12-16-32)17-21-8-5-4-6-9-21)23(20(2)24(19-31)28(33)37)18-25-29(38)34(30(39)40-25)14-7-10-26(35)36/h4-6,8-9,18,22H,3,7,10-17H2,1-2H3,(H,35,36). The zero-order valence-electron chi connectivity index (χ0n) is 22.9. The summed E-state index contributed by atoms with van der Waals surface area (Å²) in [5.41, 5.74) is 2.35. The average molecular weight is 579 g/mol. The SMILES string of the molecule is CCCn1c(N2CCC(Cc3ccccc3)CC2)c(C=C2SC(=S)N(CCCC(=O)O)C2=O)c(C)c(C#N)c1=O. The van der Waals surface area contributed by atoms with Crippen LogP contribution in [-0.4, -0.2) is 50.4 Å². The lowest BCUT2D eigenvalue weighted by atomic mass is 9.90. The van der Waals surface area contributed by atoms with Gasteiger partial charge >= 0.3 is 5.97 Å². The molecule has 1 amide bonds. The molecular formula is C30H34N4O4S2. The van der Waals surface area contributed by atoms with Crippen LogP contribution in [0.25, 0.3) is 6.08 Å². The van der Waals surface area contributed by atoms with Crippen LogP contribution in [0.2, 0.25) is 0 Å². The lowest BCUT2D eigenvalue weighted by Gasteiger charge is -2.36. The van der Waals surface area contributed by atoms with E-state index < -0.39 is 5.97 Å². The van der Waals surface area contributed by atoms with Crippen LogP contribution in [0.15, 0.2) is 40.0 Å². The molecule has 0 bridgehead atoms. The molecule has 2 saturated heterocycles. The second kappa shape index (κ2) is 13.3. The number of nitrogens with zero attached hydrogens (tertiary/aromatic N) is 4. The molecule has 10 heteroatoms. The zero-order chi connectivity index (χ0) is 28.8. The fourth-order valence-corrected chi connectivity index (χ4v) is 6.71. The van der Waals surface area contributed by atoms with Gasteiger partial charge < -0.3 is 10.0 Å². The fraction of sp³-hybridized carbons (Fsp3) is 0.433. The van der Waals surface area contributed by atoms with Crippen molar-refractivity contribution in [3.05, 3.63) is 67.8 Å². The van der Waals surface area contributed by atoms with Crippen LogP contribution in [0.1, 0.15) is 61.3 Å². The predicted octanol–water partition coefficient (Wildman–Crippen LogP) is 4.96. The van der Waals surface area contributed by atoms with Crippen molar-refractivity contribution in [2.45, 2.75) is 58.9 Å². The summed E-state index contributed by atoms with van der Waals surface area (Å²) in [4.78, 5) is 41.8. The largest absolute Gasteiger partial charge is 0.481 e. The summed E-state index contributed by atoms with van der Waals surface area (Å²) in [7, 11) is 0. The van der Waals surface area contributed by atoms with Crippen molar-refractivity contribution in [2.75, 3.05) is 24.5 Å². The number of carboxylic acids is 1. The van der Waals surface area contributed by atoms with Crippen molar-refractivity contribution in [1.82, 2.24) is 9.47 Å². The number of carbonyl (C=O) groups excluding carboxylic acids is 1. The lowest BCUT2D eigenvalue weighted by Crippen LogP contribution is -2.40. The van der Waals surface area contributed by atoms with Crippen LogP contribution in [0, 0.1) is 24.2 Å². The van der Waals surface area contributed by atoms with E-state index in [1.807, 2.05) is 13.0 Å². The number of nitriles is 1. The molecule has 4 rings (SSSR count). The highest BCUT2D eigenvalue weighted by atomic mass is 32.2. The smallest absolute Gasteiger partial charge is 0.303 e. The predicted molar refractivity (Wildman–Crippen MR) is 162 cm³/mol. The summed E-state index contributed by atoms with van der Waals surface area (Å²) in [6.45, 7) is 5.99. The molecule has 0 radical (unpaired) electrons. The minimum absolute atomic E-state index is 0.0485. The summed E-state index contributed by atoms with van der Waals surface area (Å²) in [5, 5.41) is 18.9. The van der Waals surface area contributed by atoms with E-state index in [2.05, 4.69) is 35.2 Å². The van der Waals surface area contributed by atoms with Crippen molar-refractivity contribution in [2.24, 2.45) is 5.92 Å². The Balaban J connectivity index is 1.69. The van der Waals surface area contributed by atoms with Crippen molar-refractivity contribution >= 4 is 52.1 Å². The molecule has 210 valence electrons. The Morgan fingerprint density at radius 1 is 1.20 bits per heavy atom. The Morgan fingerprint density at radius 2 is 1.90 bits per heavy atom. The number of rotatable bonds is 10. The molecule has 2 aromatic rings. The number of amides is 1. The number of aliphatic carboxylic acids is 1. The van der Waals surface area contributed by atoms with Crippen molar-refractivity contribution < 1.29 is 14.7 Å². The number of aromatic nitrogens is 1. The number of anilines is 1. The maximum Gasteiger partial charge on any atom is 0.303 e. The summed E-state index contributed by atoms with van der Waals surface area (Å²) >= 11 is 6.62. The number of benzene rings is 1. The topological polar surface area (TPSA) is 107 Å². The van der Waals surface area contributed by atoms with Crippen LogP contribution < -0.4 is 10.5 Å². The zero-order valence-corrected chi connectivity index (χ0v) is 24.5. The molecule has 2 aliphatic heterocycles. The van der Waals surface area contributed by atoms with E-state index in [1.54, 1.807) is 17.6 Å². The van der Waals surface area contributed by atoms with Gasteiger partial charge in [-0.05, 0) is 62.1 Å². The first-order valence-corrected chi connectivity index (χ1v) is 14.9. The van der Waals surface area contributed by atoms with E-state index in [9.17, 15) is 19.6 Å². The van der Waals surface area contributed by atoms with Gasteiger partial charge in [-0.3, -0.25) is 23.9 Å². The summed E-state index contributed by atoms with van der Waals surface area (Å²) in [6, 6.07) is 12.6. The molecule has 2 aliphatic rings. The fourth-order valence-electron chi connectivity index (χ4n) is 5.42. The molecule has 0 saturated carbocycles. The van der Waals surface area contributed by atoms with Crippen LogP contribution in [0.3, 0.4) is 0 Å². The van der Waals surface area contributed by atoms with Crippen molar-refractivity contribution in [3.8, 4) is 6.07 Å². The van der Waals surface area contributed by atoms with Gasteiger partial charge in [0.1, 0.15) is 21.8 Å². The van der Waals surface area contributed by atoms with Gasteiger partial charge in [0.2, 0.25) is 0 Å². The minimum atomic E-state index is -0.920. The van der Waals surface area contributed by atoms with Gasteiger partial charge in [-0.2, -0.15) is 5.26 Å². The number of thioether (sulfide) groups is 1. The van der Waals surface area contributed by atoms with Gasteiger partial charge in [0, 0.05) is 38.2 Å². The number of carboxylic acid groups (broad SMARTS) is 1. The molecule has 2 fully saturated rings. The molecule has 0 unspecified atom stereocenters. The average Bonchev–Trinajstić information content (AvgIpc) is 3.20. The summed E-state index contributed by atoms with van der Waals surface area (Å²) < 4.78 is 2.08. The van der Waals surface area contributed by atoms with Gasteiger partial charge in [0.05, 0.1) is 4.91 Å². The molecule has 0 aliphatic carbocycles. The van der Waals surface area contributed by atoms with Gasteiger partial charge in [0.25, 0.3) is 11.5 Å². The van der Waals surface area contributed by atoms with Crippen LogP contribution in [0.4, 0.5) is 5.82 Å². The van der Waals surface area contributed by atoms with Gasteiger partial charge in [-0.25, -0.2) is 0 Å². The Kier molecular flexibility index (Phi) is 9.82. The minimum Gasteiger partial charge on any atom is -0.481 e. The lowest BCUT2D eigenvalue weighted by molar-refractivity contribution is -0.137. The maximum absolute atomic E-state index is 13.5. The second-order valence-corrected chi connectivity index (χ2v) is 11.9. The Morgan fingerprint density at radius 3 is 2.52 bits per heavy atom. The Labute approximate surface area is 244 Å². The number of hydrogen-bond donors (Lipinski definition) is 1. The first kappa shape index (κ1) is 29.6. The summed E-state index contributed by atoms with van der Waals surface area (Å²) in [6.07, 6.45) is 5.70. The molecule has 1 aromatic carbocycles. The molecule has 1 N–H and O–H groups in total. The summed E-state index contributed by atoms with van der Waals surface area (Å²) in [5.74, 6) is 0.0858. The third-order valence-electron chi connectivity index (χ3n) is 7.50. The Bertz CT molecular complexity index is 1420. The van der Waals surface area contributed by atoms with E-state index in [-0.39, 0.29) is 30.0 Å². The van der Waals surface area contributed by atoms with E-state index >= 15 is 0 Å². The van der Waals surface area contributed by atoms with Crippen molar-refractivity contribution in [1.29, 1.82) is 5.26 Å². The first-order valence-electron chi connectivity index (χ1n) is 13.7. The molecule has 40 heavy (non-hydrogen) atoms. The highest BCUT2D eigenvalue weighted by molar-refractivity contribution is 8.26. The number of pyridine rings is 1. The van der Waals surface area contributed by atoms with Gasteiger partial charge in [-0.1, -0.05) is 61.2 Å². The van der Waals surface area contributed by atoms with Gasteiger partial charge in [-0.15, -0.1) is 0 Å². The quantitative estimate of drug-likeness (QED) is 0.311. The second-order valence-electron chi connectivity index (χ2n) is 10.3. The maximum atomic E-state index is 13.5. The number of piperidine rings is 1. The molecule has 3 heterocycles. The first-order chi connectivity index (χ1) is 19.2. The normalized spacial score (nSPS) is 17.1. The van der Waals surface area contributed by atoms with E-state index in [1.165, 1.54) is 22.2 Å². The number of hydrogen-bond acceptors (Lipinski definition) is 7. The van der Waals surface area contributed by atoms with E-state index in [0.29, 0.717) is 39.2 Å². The van der Waals surface area contributed by atoms with Crippen LogP contribution >= 0.6 is 24.0 Å². The third-order valence-corrected chi connectivity index (χ3v) is 8.87.